The van der Waals surface area contributed by atoms with Gasteiger partial charge in [-0.05, 0) is 57.9 Å². The number of imide groups is 1. The summed E-state index contributed by atoms with van der Waals surface area (Å²) < 4.78 is 31.6. The zero-order chi connectivity index (χ0) is 28.1. The van der Waals surface area contributed by atoms with Gasteiger partial charge in [-0.2, -0.15) is 0 Å². The van der Waals surface area contributed by atoms with Gasteiger partial charge in [-0.3, -0.25) is 14.6 Å². The summed E-state index contributed by atoms with van der Waals surface area (Å²) in [6.07, 6.45) is 5.34. The van der Waals surface area contributed by atoms with Gasteiger partial charge in [0.05, 0.1) is 16.8 Å². The summed E-state index contributed by atoms with van der Waals surface area (Å²) in [7, 11) is 0.907. The Kier molecular flexibility index (Phi) is 6.51. The first-order valence-corrected chi connectivity index (χ1v) is 14.9. The molecule has 0 bridgehead atoms. The van der Waals surface area contributed by atoms with Crippen molar-refractivity contribution in [3.63, 3.8) is 0 Å². The molecule has 10 heteroatoms. The van der Waals surface area contributed by atoms with Gasteiger partial charge in [0.25, 0.3) is 11.8 Å². The third-order valence-corrected chi connectivity index (χ3v) is 11.2. The number of hydrogen-bond donors (Lipinski definition) is 1. The van der Waals surface area contributed by atoms with Crippen LogP contribution < -0.4 is 10.5 Å². The Labute approximate surface area is 224 Å². The molecule has 2 aromatic carbocycles. The molecule has 0 radical (unpaired) electrons. The Morgan fingerprint density at radius 1 is 1.13 bits per heavy atom. The van der Waals surface area contributed by atoms with Gasteiger partial charge in [-0.1, -0.05) is 24.4 Å². The van der Waals surface area contributed by atoms with Gasteiger partial charge in [0.15, 0.2) is 0 Å². The van der Waals surface area contributed by atoms with Crippen molar-refractivity contribution in [2.75, 3.05) is 19.4 Å². The number of benzene rings is 2. The van der Waals surface area contributed by atoms with E-state index in [1.165, 1.54) is 0 Å². The summed E-state index contributed by atoms with van der Waals surface area (Å²) >= 11 is 0. The Morgan fingerprint density at radius 3 is 2.38 bits per heavy atom. The fourth-order valence-electron chi connectivity index (χ4n) is 5.17. The van der Waals surface area contributed by atoms with E-state index in [0.717, 1.165) is 33.9 Å². The molecule has 2 amide bonds. The first-order chi connectivity index (χ1) is 18.6. The number of allylic oxidation sites excluding steroid dienone is 5. The minimum Gasteiger partial charge on any atom is -0.388 e. The molecule has 39 heavy (non-hydrogen) atoms. The monoisotopic (exact) mass is 545 g/mol. The van der Waals surface area contributed by atoms with Gasteiger partial charge in [-0.25, -0.2) is 13.6 Å². The Morgan fingerprint density at radius 2 is 1.79 bits per heavy atom. The highest BCUT2D eigenvalue weighted by atomic mass is 28.3. The van der Waals surface area contributed by atoms with Crippen LogP contribution in [0.5, 0.6) is 0 Å². The maximum atomic E-state index is 15.8. The van der Waals surface area contributed by atoms with Crippen LogP contribution in [0.3, 0.4) is 0 Å². The third-order valence-electron chi connectivity index (χ3n) is 7.34. The zero-order valence-electron chi connectivity index (χ0n) is 21.6. The van der Waals surface area contributed by atoms with Crippen LogP contribution in [0.2, 0.25) is 6.55 Å². The number of amides is 2. The molecule has 1 N–H and O–H groups in total. The van der Waals surface area contributed by atoms with Gasteiger partial charge in [0.2, 0.25) is 0 Å². The van der Waals surface area contributed by atoms with Crippen molar-refractivity contribution in [3.8, 4) is 0 Å². The first-order valence-electron chi connectivity index (χ1n) is 12.3. The van der Waals surface area contributed by atoms with Gasteiger partial charge in [0, 0.05) is 38.2 Å². The van der Waals surface area contributed by atoms with Crippen molar-refractivity contribution in [1.29, 1.82) is 0 Å². The Hall–Kier alpha value is -4.44. The van der Waals surface area contributed by atoms with E-state index in [9.17, 15) is 14.4 Å². The van der Waals surface area contributed by atoms with E-state index in [0.29, 0.717) is 21.8 Å². The number of rotatable bonds is 5. The molecule has 0 aromatic heterocycles. The molecule has 198 valence electrons. The number of carbonyl (C=O) groups excluding carboxylic acids is 3. The Bertz CT molecular complexity index is 1570. The SMILES string of the molecule is C=C[Si]1(C)C2=CC(=NC)C=CC2=C(c2c(F)cc(C(=O)ON3C(=O)CCC3=O)cc2F)c2ccc(NC)cc21. The molecule has 1 saturated heterocycles. The summed E-state index contributed by atoms with van der Waals surface area (Å²) in [5, 5.41) is 5.30. The molecular weight excluding hydrogens is 520 g/mol. The number of hydroxylamine groups is 2. The van der Waals surface area contributed by atoms with E-state index < -0.39 is 43.1 Å². The van der Waals surface area contributed by atoms with E-state index in [1.807, 2.05) is 36.1 Å². The van der Waals surface area contributed by atoms with Crippen molar-refractivity contribution in [1.82, 2.24) is 5.06 Å². The van der Waals surface area contributed by atoms with E-state index in [1.54, 1.807) is 20.2 Å². The van der Waals surface area contributed by atoms with Crippen molar-refractivity contribution >= 4 is 48.0 Å². The molecule has 0 saturated carbocycles. The Balaban J connectivity index is 1.69. The second-order valence-corrected chi connectivity index (χ2v) is 13.4. The summed E-state index contributed by atoms with van der Waals surface area (Å²) in [5.41, 5.74) is 4.41. The lowest BCUT2D eigenvalue weighted by atomic mass is 9.88. The highest BCUT2D eigenvalue weighted by Crippen LogP contribution is 2.43. The number of halogens is 2. The third kappa shape index (κ3) is 4.17. The highest BCUT2D eigenvalue weighted by molar-refractivity contribution is 7.02. The van der Waals surface area contributed by atoms with Crippen LogP contribution in [0.15, 0.2) is 76.6 Å². The van der Waals surface area contributed by atoms with Gasteiger partial charge in [-0.15, -0.1) is 11.6 Å². The van der Waals surface area contributed by atoms with E-state index >= 15 is 8.78 Å². The first kappa shape index (κ1) is 26.2. The van der Waals surface area contributed by atoms with Crippen molar-refractivity contribution in [2.45, 2.75) is 19.4 Å². The summed E-state index contributed by atoms with van der Waals surface area (Å²) in [6, 6.07) is 7.36. The number of anilines is 1. The molecule has 3 aliphatic rings. The van der Waals surface area contributed by atoms with Gasteiger partial charge in [0.1, 0.15) is 19.7 Å². The van der Waals surface area contributed by atoms with Crippen LogP contribution in [0, 0.1) is 11.6 Å². The average molecular weight is 546 g/mol. The molecular formula is C29H25F2N3O4Si. The van der Waals surface area contributed by atoms with Crippen LogP contribution in [0.1, 0.15) is 34.3 Å². The molecule has 1 unspecified atom stereocenters. The highest BCUT2D eigenvalue weighted by Gasteiger charge is 2.42. The molecule has 2 aliphatic heterocycles. The van der Waals surface area contributed by atoms with E-state index in [2.05, 4.69) is 23.4 Å². The number of hydrogen-bond acceptors (Lipinski definition) is 6. The van der Waals surface area contributed by atoms with Crippen LogP contribution in [-0.2, 0) is 14.4 Å². The number of carbonyl (C=O) groups is 3. The van der Waals surface area contributed by atoms with Crippen molar-refractivity contribution in [2.24, 2.45) is 4.99 Å². The van der Waals surface area contributed by atoms with Crippen molar-refractivity contribution < 1.29 is 28.0 Å². The molecule has 1 atom stereocenters. The van der Waals surface area contributed by atoms with Crippen LogP contribution in [0.4, 0.5) is 14.5 Å². The van der Waals surface area contributed by atoms with E-state index in [4.69, 9.17) is 4.84 Å². The standard InChI is InChI=1S/C29H25F2N3O4Si/c1-5-39(4)23-14-17(32-2)6-8-19(23)27(20-9-7-18(33-3)15-24(20)39)28-21(30)12-16(13-22(28)31)29(37)38-34-25(35)10-11-26(34)36/h5-9,12-15,32H,1,10-11H2,2-4H3. The zero-order valence-corrected chi connectivity index (χ0v) is 22.6. The fraction of sp³-hybridized carbons (Fsp3) is 0.172. The van der Waals surface area contributed by atoms with Crippen LogP contribution >= 0.6 is 0 Å². The maximum absolute atomic E-state index is 15.8. The minimum atomic E-state index is -2.56. The molecule has 2 heterocycles. The lowest BCUT2D eigenvalue weighted by Crippen LogP contribution is -2.50. The smallest absolute Gasteiger partial charge is 0.364 e. The number of aliphatic imine (C=N–C) groups is 1. The quantitative estimate of drug-likeness (QED) is 0.450. The fourth-order valence-corrected chi connectivity index (χ4v) is 8.34. The maximum Gasteiger partial charge on any atom is 0.364 e. The molecule has 1 aliphatic carbocycles. The topological polar surface area (TPSA) is 88.1 Å². The molecule has 7 nitrogen and oxygen atoms in total. The summed E-state index contributed by atoms with van der Waals surface area (Å²) in [5.74, 6) is -4.56. The molecule has 1 fully saturated rings. The average Bonchev–Trinajstić information content (AvgIpc) is 3.25. The summed E-state index contributed by atoms with van der Waals surface area (Å²) in [4.78, 5) is 45.4. The van der Waals surface area contributed by atoms with Crippen LogP contribution in [0.25, 0.3) is 5.57 Å². The second-order valence-electron chi connectivity index (χ2n) is 9.52. The molecule has 5 rings (SSSR count). The molecule has 0 spiro atoms. The number of nitrogens with one attached hydrogen (secondary N) is 1. The number of fused-ring (bicyclic) bond motifs is 2. The van der Waals surface area contributed by atoms with Crippen LogP contribution in [-0.4, -0.2) is 50.7 Å². The normalized spacial score (nSPS) is 21.1. The number of nitrogens with zero attached hydrogens (tertiary/aromatic N) is 2. The largest absolute Gasteiger partial charge is 0.388 e. The lowest BCUT2D eigenvalue weighted by Gasteiger charge is -2.38. The lowest BCUT2D eigenvalue weighted by molar-refractivity contribution is -0.172. The minimum absolute atomic E-state index is 0.0971. The molecule has 2 aromatic rings. The predicted molar refractivity (Wildman–Crippen MR) is 147 cm³/mol. The second kappa shape index (κ2) is 9.70. The van der Waals surface area contributed by atoms with Gasteiger partial charge < -0.3 is 10.2 Å². The van der Waals surface area contributed by atoms with E-state index in [-0.39, 0.29) is 18.4 Å². The summed E-state index contributed by atoms with van der Waals surface area (Å²) in [6.45, 7) is 6.26. The predicted octanol–water partition coefficient (Wildman–Crippen LogP) is 4.16. The van der Waals surface area contributed by atoms with Crippen molar-refractivity contribution in [3.05, 3.63) is 99.9 Å². The van der Waals surface area contributed by atoms with Gasteiger partial charge >= 0.3 is 5.97 Å².